The normalized spacial score (nSPS) is 18.4. The zero-order valence-electron chi connectivity index (χ0n) is 10.4. The highest BCUT2D eigenvalue weighted by molar-refractivity contribution is 7.87. The smallest absolute Gasteiger partial charge is 0.279 e. The van der Waals surface area contributed by atoms with Crippen molar-refractivity contribution in [3.63, 3.8) is 0 Å². The molecular formula is C10H23N3O3S. The van der Waals surface area contributed by atoms with E-state index in [1.165, 1.54) is 4.31 Å². The Morgan fingerprint density at radius 1 is 1.12 bits per heavy atom. The molecule has 2 N–H and O–H groups in total. The van der Waals surface area contributed by atoms with Gasteiger partial charge in [-0.05, 0) is 12.8 Å². The number of rotatable bonds is 8. The van der Waals surface area contributed by atoms with E-state index in [4.69, 9.17) is 4.74 Å². The fourth-order valence-corrected chi connectivity index (χ4v) is 3.05. The summed E-state index contributed by atoms with van der Waals surface area (Å²) in [5.74, 6) is 0. The highest BCUT2D eigenvalue weighted by Gasteiger charge is 2.22. The minimum atomic E-state index is -3.26. The number of ether oxygens (including phenoxy) is 1. The Morgan fingerprint density at radius 2 is 1.82 bits per heavy atom. The molecule has 1 heterocycles. The van der Waals surface area contributed by atoms with Crippen LogP contribution in [0.25, 0.3) is 0 Å². The number of nitrogens with zero attached hydrogens (tertiary/aromatic N) is 1. The second-order valence-electron chi connectivity index (χ2n) is 4.10. The molecule has 0 amide bonds. The van der Waals surface area contributed by atoms with Gasteiger partial charge in [0.15, 0.2) is 0 Å². The lowest BCUT2D eigenvalue weighted by atomic mass is 10.2. The molecule has 0 aliphatic carbocycles. The van der Waals surface area contributed by atoms with E-state index in [0.717, 1.165) is 25.8 Å². The van der Waals surface area contributed by atoms with Gasteiger partial charge in [0, 0.05) is 39.8 Å². The van der Waals surface area contributed by atoms with Gasteiger partial charge in [-0.2, -0.15) is 12.7 Å². The van der Waals surface area contributed by atoms with Gasteiger partial charge in [0.05, 0.1) is 6.61 Å². The molecule has 1 aliphatic rings. The summed E-state index contributed by atoms with van der Waals surface area (Å²) in [6.45, 7) is 3.71. The molecule has 1 fully saturated rings. The van der Waals surface area contributed by atoms with Crippen LogP contribution in [-0.2, 0) is 14.9 Å². The van der Waals surface area contributed by atoms with Crippen molar-refractivity contribution in [2.45, 2.75) is 19.3 Å². The Morgan fingerprint density at radius 3 is 2.47 bits per heavy atom. The summed E-state index contributed by atoms with van der Waals surface area (Å²) < 4.78 is 32.7. The van der Waals surface area contributed by atoms with Crippen molar-refractivity contribution in [3.05, 3.63) is 0 Å². The highest BCUT2D eigenvalue weighted by atomic mass is 32.2. The molecule has 0 aromatic carbocycles. The van der Waals surface area contributed by atoms with E-state index in [1.807, 2.05) is 0 Å². The van der Waals surface area contributed by atoms with Crippen molar-refractivity contribution in [2.24, 2.45) is 0 Å². The summed E-state index contributed by atoms with van der Waals surface area (Å²) in [5.41, 5.74) is 0. The van der Waals surface area contributed by atoms with Crippen LogP contribution in [0.1, 0.15) is 19.3 Å². The molecule has 1 aliphatic heterocycles. The van der Waals surface area contributed by atoms with Gasteiger partial charge in [0.2, 0.25) is 0 Å². The van der Waals surface area contributed by atoms with Crippen LogP contribution in [0.4, 0.5) is 0 Å². The minimum absolute atomic E-state index is 0.419. The molecule has 0 atom stereocenters. The summed E-state index contributed by atoms with van der Waals surface area (Å²) in [6, 6.07) is 0. The Kier molecular flexibility index (Phi) is 6.98. The average Bonchev–Trinajstić information content (AvgIpc) is 2.35. The molecule has 1 saturated heterocycles. The summed E-state index contributed by atoms with van der Waals surface area (Å²) in [6.07, 6.45) is 3.06. The minimum Gasteiger partial charge on any atom is -0.383 e. The summed E-state index contributed by atoms with van der Waals surface area (Å²) in [4.78, 5) is 0. The van der Waals surface area contributed by atoms with Crippen molar-refractivity contribution in [3.8, 4) is 0 Å². The maximum Gasteiger partial charge on any atom is 0.279 e. The first kappa shape index (κ1) is 14.8. The van der Waals surface area contributed by atoms with Crippen molar-refractivity contribution in [1.82, 2.24) is 14.3 Å². The fourth-order valence-electron chi connectivity index (χ4n) is 1.76. The predicted octanol–water partition coefficient (Wildman–Crippen LogP) is -0.457. The summed E-state index contributed by atoms with van der Waals surface area (Å²) in [7, 11) is -1.62. The van der Waals surface area contributed by atoms with Crippen LogP contribution in [0.15, 0.2) is 0 Å². The number of nitrogens with one attached hydrogen (secondary N) is 2. The fraction of sp³-hybridized carbons (Fsp3) is 1.00. The second-order valence-corrected chi connectivity index (χ2v) is 5.86. The quantitative estimate of drug-likeness (QED) is 0.583. The third-order valence-corrected chi connectivity index (χ3v) is 4.34. The van der Waals surface area contributed by atoms with Crippen molar-refractivity contribution < 1.29 is 13.2 Å². The standard InChI is InChI=1S/C10H23N3O3S/c1-16-10-7-11-5-6-12-17(14,15)13-8-3-2-4-9-13/h11-12H,2-10H2,1H3. The number of piperidine rings is 1. The zero-order valence-corrected chi connectivity index (χ0v) is 11.3. The van der Waals surface area contributed by atoms with Crippen LogP contribution in [-0.4, -0.2) is 59.2 Å². The molecule has 0 unspecified atom stereocenters. The van der Waals surface area contributed by atoms with E-state index in [-0.39, 0.29) is 0 Å². The van der Waals surface area contributed by atoms with Gasteiger partial charge < -0.3 is 10.1 Å². The molecule has 17 heavy (non-hydrogen) atoms. The van der Waals surface area contributed by atoms with Crippen molar-refractivity contribution >= 4 is 10.2 Å². The lowest BCUT2D eigenvalue weighted by molar-refractivity contribution is 0.199. The number of hydrogen-bond donors (Lipinski definition) is 2. The van der Waals surface area contributed by atoms with Crippen LogP contribution in [0.2, 0.25) is 0 Å². The van der Waals surface area contributed by atoms with E-state index in [0.29, 0.717) is 32.8 Å². The Hall–Kier alpha value is -0.210. The molecule has 7 heteroatoms. The molecule has 0 spiro atoms. The van der Waals surface area contributed by atoms with Gasteiger partial charge in [0.25, 0.3) is 10.2 Å². The van der Waals surface area contributed by atoms with Crippen molar-refractivity contribution in [1.29, 1.82) is 0 Å². The molecule has 0 aromatic heterocycles. The molecule has 0 bridgehead atoms. The van der Waals surface area contributed by atoms with E-state index in [1.54, 1.807) is 7.11 Å². The molecule has 6 nitrogen and oxygen atoms in total. The topological polar surface area (TPSA) is 70.7 Å². The summed E-state index contributed by atoms with van der Waals surface area (Å²) >= 11 is 0. The third-order valence-electron chi connectivity index (χ3n) is 2.72. The van der Waals surface area contributed by atoms with E-state index < -0.39 is 10.2 Å². The lowest BCUT2D eigenvalue weighted by Crippen LogP contribution is -2.45. The molecule has 102 valence electrons. The average molecular weight is 265 g/mol. The first-order valence-corrected chi connectivity index (χ1v) is 7.55. The predicted molar refractivity (Wildman–Crippen MR) is 67.1 cm³/mol. The number of hydrogen-bond acceptors (Lipinski definition) is 4. The van der Waals surface area contributed by atoms with Gasteiger partial charge in [-0.25, -0.2) is 4.72 Å². The van der Waals surface area contributed by atoms with Gasteiger partial charge in [-0.1, -0.05) is 6.42 Å². The largest absolute Gasteiger partial charge is 0.383 e. The van der Waals surface area contributed by atoms with Crippen LogP contribution >= 0.6 is 0 Å². The number of methoxy groups -OCH3 is 1. The van der Waals surface area contributed by atoms with Crippen LogP contribution in [0.3, 0.4) is 0 Å². The maximum atomic E-state index is 11.8. The van der Waals surface area contributed by atoms with Crippen LogP contribution < -0.4 is 10.0 Å². The van der Waals surface area contributed by atoms with Crippen molar-refractivity contribution in [2.75, 3.05) is 46.4 Å². The monoisotopic (exact) mass is 265 g/mol. The molecule has 0 radical (unpaired) electrons. The van der Waals surface area contributed by atoms with Crippen LogP contribution in [0.5, 0.6) is 0 Å². The molecule has 0 saturated carbocycles. The second kappa shape index (κ2) is 7.99. The molecule has 1 rings (SSSR count). The first-order chi connectivity index (χ1) is 8.17. The van der Waals surface area contributed by atoms with E-state index >= 15 is 0 Å². The van der Waals surface area contributed by atoms with Crippen LogP contribution in [0, 0.1) is 0 Å². The Bertz CT molecular complexity index is 289. The Labute approximate surface area is 104 Å². The Balaban J connectivity index is 2.15. The lowest BCUT2D eigenvalue weighted by Gasteiger charge is -2.25. The van der Waals surface area contributed by atoms with E-state index in [2.05, 4.69) is 10.0 Å². The SMILES string of the molecule is COCCNCCNS(=O)(=O)N1CCCCC1. The van der Waals surface area contributed by atoms with Gasteiger partial charge >= 0.3 is 0 Å². The molecular weight excluding hydrogens is 242 g/mol. The first-order valence-electron chi connectivity index (χ1n) is 6.11. The summed E-state index contributed by atoms with van der Waals surface area (Å²) in [5, 5.41) is 3.09. The third kappa shape index (κ3) is 5.78. The van der Waals surface area contributed by atoms with Gasteiger partial charge in [0.1, 0.15) is 0 Å². The highest BCUT2D eigenvalue weighted by Crippen LogP contribution is 2.11. The zero-order chi connectivity index (χ0) is 12.6. The van der Waals surface area contributed by atoms with Gasteiger partial charge in [-0.15, -0.1) is 0 Å². The van der Waals surface area contributed by atoms with Gasteiger partial charge in [-0.3, -0.25) is 0 Å². The maximum absolute atomic E-state index is 11.8. The molecule has 0 aromatic rings. The van der Waals surface area contributed by atoms with E-state index in [9.17, 15) is 8.42 Å².